The zero-order valence-electron chi connectivity index (χ0n) is 9.80. The summed E-state index contributed by atoms with van der Waals surface area (Å²) in [5.74, 6) is 0.765. The smallest absolute Gasteiger partial charge is 0.243 e. The molecule has 2 heterocycles. The van der Waals surface area contributed by atoms with E-state index in [4.69, 9.17) is 0 Å². The second-order valence-corrected chi connectivity index (χ2v) is 4.27. The molecule has 17 heavy (non-hydrogen) atoms. The third-order valence-electron chi connectivity index (χ3n) is 3.26. The van der Waals surface area contributed by atoms with Gasteiger partial charge in [0, 0.05) is 6.54 Å². The molecule has 0 spiro atoms. The molecular weight excluding hydrogens is 214 g/mol. The number of nitrogens with one attached hydrogen (secondary N) is 1. The molecule has 5 nitrogen and oxygen atoms in total. The van der Waals surface area contributed by atoms with Gasteiger partial charge in [-0.15, -0.1) is 0 Å². The molecule has 0 saturated carbocycles. The molecule has 0 radical (unpaired) electrons. The number of rotatable bonds is 2. The van der Waals surface area contributed by atoms with Gasteiger partial charge in [-0.3, -0.25) is 0 Å². The van der Waals surface area contributed by atoms with E-state index < -0.39 is 0 Å². The van der Waals surface area contributed by atoms with Crippen LogP contribution >= 0.6 is 0 Å². The average Bonchev–Trinajstić information content (AvgIpc) is 2.87. The lowest BCUT2D eigenvalue weighted by Crippen LogP contribution is -2.24. The van der Waals surface area contributed by atoms with Crippen molar-refractivity contribution in [3.63, 3.8) is 0 Å². The molecule has 88 valence electrons. The van der Waals surface area contributed by atoms with Gasteiger partial charge in [0.1, 0.15) is 0 Å². The highest BCUT2D eigenvalue weighted by Crippen LogP contribution is 2.27. The van der Waals surface area contributed by atoms with Gasteiger partial charge in [0.2, 0.25) is 5.95 Å². The van der Waals surface area contributed by atoms with Crippen LogP contribution in [0.25, 0.3) is 0 Å². The third-order valence-corrected chi connectivity index (χ3v) is 3.26. The summed E-state index contributed by atoms with van der Waals surface area (Å²) in [5.41, 5.74) is 2.64. The van der Waals surface area contributed by atoms with E-state index in [1.165, 1.54) is 11.1 Å². The van der Waals surface area contributed by atoms with E-state index in [2.05, 4.69) is 52.0 Å². The van der Waals surface area contributed by atoms with Gasteiger partial charge in [0.25, 0.3) is 0 Å². The van der Waals surface area contributed by atoms with Crippen LogP contribution in [0.5, 0.6) is 0 Å². The summed E-state index contributed by atoms with van der Waals surface area (Å²) in [4.78, 5) is 0. The van der Waals surface area contributed by atoms with Gasteiger partial charge in [-0.2, -0.15) is 0 Å². The number of benzene rings is 1. The number of fused-ring (bicyclic) bond motifs is 1. The first-order valence-corrected chi connectivity index (χ1v) is 5.99. The largest absolute Gasteiger partial charge is 0.353 e. The quantitative estimate of drug-likeness (QED) is 0.850. The molecule has 1 aliphatic rings. The van der Waals surface area contributed by atoms with Crippen LogP contribution in [0.15, 0.2) is 24.3 Å². The van der Waals surface area contributed by atoms with Crippen LogP contribution in [0, 0.1) is 0 Å². The molecule has 1 atom stereocenters. The number of anilines is 1. The highest BCUT2D eigenvalue weighted by molar-refractivity contribution is 5.32. The summed E-state index contributed by atoms with van der Waals surface area (Å²) in [7, 11) is 0. The lowest BCUT2D eigenvalue weighted by molar-refractivity contribution is 0.469. The second kappa shape index (κ2) is 4.16. The maximum Gasteiger partial charge on any atom is 0.243 e. The van der Waals surface area contributed by atoms with Crippen molar-refractivity contribution in [3.8, 4) is 0 Å². The number of nitrogens with zero attached hydrogens (tertiary/aromatic N) is 4. The van der Waals surface area contributed by atoms with Crippen molar-refractivity contribution in [2.24, 2.45) is 0 Å². The molecule has 3 rings (SSSR count). The van der Waals surface area contributed by atoms with Gasteiger partial charge in [-0.1, -0.05) is 36.3 Å². The summed E-state index contributed by atoms with van der Waals surface area (Å²) >= 11 is 0. The molecule has 2 aromatic rings. The van der Waals surface area contributed by atoms with E-state index >= 15 is 0 Å². The van der Waals surface area contributed by atoms with Crippen molar-refractivity contribution in [1.82, 2.24) is 20.2 Å². The normalized spacial score (nSPS) is 18.5. The highest BCUT2D eigenvalue weighted by Gasteiger charge is 2.23. The number of hydrogen-bond acceptors (Lipinski definition) is 4. The number of aryl methyl sites for hydroxylation is 1. The van der Waals surface area contributed by atoms with Gasteiger partial charge in [0.05, 0.1) is 6.04 Å². The van der Waals surface area contributed by atoms with E-state index in [1.807, 2.05) is 4.68 Å². The van der Waals surface area contributed by atoms with Crippen LogP contribution in [0.1, 0.15) is 30.5 Å². The Bertz CT molecular complexity index is 502. The van der Waals surface area contributed by atoms with Crippen LogP contribution in [-0.4, -0.2) is 26.8 Å². The SMILES string of the molecule is CCc1ccc(C2CCNc3nnnn32)cc1. The maximum atomic E-state index is 4.05. The Balaban J connectivity index is 1.95. The zero-order chi connectivity index (χ0) is 11.7. The van der Waals surface area contributed by atoms with Gasteiger partial charge >= 0.3 is 0 Å². The molecular formula is C12H15N5. The van der Waals surface area contributed by atoms with Crippen molar-refractivity contribution in [2.75, 3.05) is 11.9 Å². The fourth-order valence-corrected chi connectivity index (χ4v) is 2.25. The number of tetrazole rings is 1. The topological polar surface area (TPSA) is 55.6 Å². The predicted octanol–water partition coefficient (Wildman–Crippen LogP) is 1.64. The Morgan fingerprint density at radius 3 is 2.94 bits per heavy atom. The Hall–Kier alpha value is -1.91. The Morgan fingerprint density at radius 2 is 2.18 bits per heavy atom. The summed E-state index contributed by atoms with van der Waals surface area (Å²) in [6.45, 7) is 3.08. The summed E-state index contributed by atoms with van der Waals surface area (Å²) in [5, 5.41) is 14.9. The Morgan fingerprint density at radius 1 is 1.35 bits per heavy atom. The molecule has 1 aromatic carbocycles. The summed E-state index contributed by atoms with van der Waals surface area (Å²) < 4.78 is 1.87. The monoisotopic (exact) mass is 229 g/mol. The van der Waals surface area contributed by atoms with Crippen LogP contribution in [0.4, 0.5) is 5.95 Å². The van der Waals surface area contributed by atoms with Crippen LogP contribution in [0.3, 0.4) is 0 Å². The molecule has 1 aliphatic heterocycles. The van der Waals surface area contributed by atoms with Gasteiger partial charge in [-0.05, 0) is 34.4 Å². The van der Waals surface area contributed by atoms with Crippen molar-refractivity contribution < 1.29 is 0 Å². The Kier molecular flexibility index (Phi) is 2.51. The fourth-order valence-electron chi connectivity index (χ4n) is 2.25. The molecule has 0 bridgehead atoms. The maximum absolute atomic E-state index is 4.05. The van der Waals surface area contributed by atoms with E-state index in [0.29, 0.717) is 0 Å². The minimum Gasteiger partial charge on any atom is -0.353 e. The lowest BCUT2D eigenvalue weighted by atomic mass is 10.0. The minimum absolute atomic E-state index is 0.257. The molecule has 1 unspecified atom stereocenters. The van der Waals surface area contributed by atoms with Crippen molar-refractivity contribution in [1.29, 1.82) is 0 Å². The van der Waals surface area contributed by atoms with Gasteiger partial charge in [-0.25, -0.2) is 4.68 Å². The highest BCUT2D eigenvalue weighted by atomic mass is 15.6. The third kappa shape index (κ3) is 1.77. The van der Waals surface area contributed by atoms with Gasteiger partial charge in [0.15, 0.2) is 0 Å². The van der Waals surface area contributed by atoms with Crippen molar-refractivity contribution in [3.05, 3.63) is 35.4 Å². The minimum atomic E-state index is 0.257. The average molecular weight is 229 g/mol. The summed E-state index contributed by atoms with van der Waals surface area (Å²) in [6.07, 6.45) is 2.09. The summed E-state index contributed by atoms with van der Waals surface area (Å²) in [6, 6.07) is 8.98. The van der Waals surface area contributed by atoms with Crippen LogP contribution in [0.2, 0.25) is 0 Å². The van der Waals surface area contributed by atoms with Gasteiger partial charge < -0.3 is 5.32 Å². The van der Waals surface area contributed by atoms with Crippen molar-refractivity contribution >= 4 is 5.95 Å². The predicted molar refractivity (Wildman–Crippen MR) is 64.9 cm³/mol. The molecule has 5 heteroatoms. The first-order chi connectivity index (χ1) is 8.38. The molecule has 0 saturated heterocycles. The molecule has 1 N–H and O–H groups in total. The lowest BCUT2D eigenvalue weighted by Gasteiger charge is -2.23. The number of aromatic nitrogens is 4. The van der Waals surface area contributed by atoms with E-state index in [0.717, 1.165) is 25.3 Å². The molecule has 0 amide bonds. The Labute approximate surface area is 99.8 Å². The first-order valence-electron chi connectivity index (χ1n) is 5.99. The van der Waals surface area contributed by atoms with Crippen LogP contribution in [-0.2, 0) is 6.42 Å². The van der Waals surface area contributed by atoms with E-state index in [1.54, 1.807) is 0 Å². The molecule has 0 fully saturated rings. The second-order valence-electron chi connectivity index (χ2n) is 4.27. The first kappa shape index (κ1) is 10.3. The molecule has 1 aromatic heterocycles. The zero-order valence-corrected chi connectivity index (χ0v) is 9.80. The molecule has 0 aliphatic carbocycles. The van der Waals surface area contributed by atoms with E-state index in [-0.39, 0.29) is 6.04 Å². The standard InChI is InChI=1S/C12H15N5/c1-2-9-3-5-10(6-4-9)11-7-8-13-12-14-15-16-17(11)12/h3-6,11H,2,7-8H2,1H3,(H,13,14,16). The fraction of sp³-hybridized carbons (Fsp3) is 0.417. The number of hydrogen-bond donors (Lipinski definition) is 1. The van der Waals surface area contributed by atoms with E-state index in [9.17, 15) is 0 Å². The van der Waals surface area contributed by atoms with Crippen molar-refractivity contribution in [2.45, 2.75) is 25.8 Å². The van der Waals surface area contributed by atoms with Crippen LogP contribution < -0.4 is 5.32 Å².